The van der Waals surface area contributed by atoms with Gasteiger partial charge in [-0.25, -0.2) is 0 Å². The van der Waals surface area contributed by atoms with Gasteiger partial charge in [0.25, 0.3) is 5.91 Å². The third-order valence-corrected chi connectivity index (χ3v) is 5.42. The number of carbonyl (C=O) groups is 1. The molecule has 120 valence electrons. The van der Waals surface area contributed by atoms with Gasteiger partial charge < -0.3 is 4.90 Å². The molecule has 0 aromatic carbocycles. The Morgan fingerprint density at radius 1 is 1.09 bits per heavy atom. The number of carbonyl (C=O) groups excluding carboxylic acids is 1. The quantitative estimate of drug-likeness (QED) is 0.832. The monoisotopic (exact) mass is 300 g/mol. The summed E-state index contributed by atoms with van der Waals surface area (Å²) >= 11 is 0. The van der Waals surface area contributed by atoms with Crippen molar-refractivity contribution in [3.8, 4) is 0 Å². The van der Waals surface area contributed by atoms with Crippen LogP contribution in [0, 0.1) is 19.8 Å². The Kier molecular flexibility index (Phi) is 4.51. The van der Waals surface area contributed by atoms with Gasteiger partial charge in [0.1, 0.15) is 0 Å². The number of rotatable bonds is 4. The van der Waals surface area contributed by atoms with Gasteiger partial charge in [-0.05, 0) is 70.4 Å². The first-order valence-corrected chi connectivity index (χ1v) is 8.87. The lowest BCUT2D eigenvalue weighted by atomic mass is 9.83. The van der Waals surface area contributed by atoms with Gasteiger partial charge in [-0.2, -0.15) is 0 Å². The molecule has 2 aliphatic carbocycles. The van der Waals surface area contributed by atoms with Crippen molar-refractivity contribution < 1.29 is 4.79 Å². The molecule has 3 rings (SSSR count). The normalized spacial score (nSPS) is 25.0. The summed E-state index contributed by atoms with van der Waals surface area (Å²) in [4.78, 5) is 19.8. The van der Waals surface area contributed by atoms with E-state index < -0.39 is 0 Å². The molecule has 3 nitrogen and oxygen atoms in total. The van der Waals surface area contributed by atoms with E-state index in [4.69, 9.17) is 0 Å². The van der Waals surface area contributed by atoms with Crippen LogP contribution in [0.25, 0.3) is 0 Å². The predicted molar refractivity (Wildman–Crippen MR) is 88.9 cm³/mol. The number of pyridine rings is 1. The highest BCUT2D eigenvalue weighted by atomic mass is 16.2. The summed E-state index contributed by atoms with van der Waals surface area (Å²) in [5, 5.41) is 0. The van der Waals surface area contributed by atoms with Crippen molar-refractivity contribution in [2.45, 2.75) is 77.8 Å². The van der Waals surface area contributed by atoms with E-state index in [1.807, 2.05) is 26.0 Å². The molecule has 1 aromatic heterocycles. The Morgan fingerprint density at radius 3 is 2.18 bits per heavy atom. The minimum absolute atomic E-state index is 0.215. The molecule has 0 N–H and O–H groups in total. The largest absolute Gasteiger partial charge is 0.333 e. The Hall–Kier alpha value is -1.38. The van der Waals surface area contributed by atoms with Crippen LogP contribution in [-0.2, 0) is 0 Å². The van der Waals surface area contributed by atoms with Crippen LogP contribution in [-0.4, -0.2) is 27.9 Å². The second-order valence-electron chi connectivity index (χ2n) is 7.11. The molecule has 0 atom stereocenters. The Labute approximate surface area is 134 Å². The van der Waals surface area contributed by atoms with Gasteiger partial charge in [0.15, 0.2) is 0 Å². The molecule has 0 unspecified atom stereocenters. The highest BCUT2D eigenvalue weighted by molar-refractivity contribution is 5.95. The molecule has 1 heterocycles. The second kappa shape index (κ2) is 6.39. The fourth-order valence-corrected chi connectivity index (χ4v) is 3.87. The van der Waals surface area contributed by atoms with E-state index in [9.17, 15) is 4.79 Å². The molecule has 1 aromatic rings. The first-order valence-electron chi connectivity index (χ1n) is 8.87. The van der Waals surface area contributed by atoms with E-state index in [1.54, 1.807) is 0 Å². The highest BCUT2D eigenvalue weighted by Gasteiger charge is 2.39. The molecule has 2 aliphatic rings. The predicted octanol–water partition coefficient (Wildman–Crippen LogP) is 4.27. The Morgan fingerprint density at radius 2 is 1.68 bits per heavy atom. The minimum Gasteiger partial charge on any atom is -0.333 e. The number of nitrogens with zero attached hydrogens (tertiary/aromatic N) is 2. The zero-order chi connectivity index (χ0) is 15.7. The molecule has 2 saturated carbocycles. The summed E-state index contributed by atoms with van der Waals surface area (Å²) < 4.78 is 0. The average molecular weight is 300 g/mol. The third kappa shape index (κ3) is 3.18. The summed E-state index contributed by atoms with van der Waals surface area (Å²) in [7, 11) is 0. The van der Waals surface area contributed by atoms with Crippen LogP contribution < -0.4 is 0 Å². The molecule has 0 radical (unpaired) electrons. The topological polar surface area (TPSA) is 33.2 Å². The smallest absolute Gasteiger partial charge is 0.256 e. The molecule has 1 amide bonds. The molecule has 2 fully saturated rings. The van der Waals surface area contributed by atoms with E-state index in [0.717, 1.165) is 22.9 Å². The standard InChI is InChI=1S/C19H28N2O/c1-4-15-6-8-16(9-7-15)21(17-10-11-17)19(22)18-12-5-13(2)20-14(18)3/h5,12,15-17H,4,6-11H2,1-3H3. The van der Waals surface area contributed by atoms with Gasteiger partial charge in [0, 0.05) is 17.8 Å². The lowest BCUT2D eigenvalue weighted by Crippen LogP contribution is -2.44. The number of amides is 1. The zero-order valence-corrected chi connectivity index (χ0v) is 14.1. The highest BCUT2D eigenvalue weighted by Crippen LogP contribution is 2.37. The molecule has 0 saturated heterocycles. The summed E-state index contributed by atoms with van der Waals surface area (Å²) in [6.07, 6.45) is 8.56. The van der Waals surface area contributed by atoms with E-state index in [-0.39, 0.29) is 5.91 Å². The van der Waals surface area contributed by atoms with Gasteiger partial charge in [-0.15, -0.1) is 0 Å². The van der Waals surface area contributed by atoms with Crippen LogP contribution >= 0.6 is 0 Å². The summed E-state index contributed by atoms with van der Waals surface area (Å²) in [6, 6.07) is 4.85. The van der Waals surface area contributed by atoms with Crippen LogP contribution in [0.5, 0.6) is 0 Å². The number of hydrogen-bond acceptors (Lipinski definition) is 2. The third-order valence-electron chi connectivity index (χ3n) is 5.42. The first kappa shape index (κ1) is 15.5. The van der Waals surface area contributed by atoms with Crippen molar-refractivity contribution >= 4 is 5.91 Å². The Bertz CT molecular complexity index is 542. The van der Waals surface area contributed by atoms with Crippen molar-refractivity contribution in [1.82, 2.24) is 9.88 Å². The molecule has 22 heavy (non-hydrogen) atoms. The van der Waals surface area contributed by atoms with Gasteiger partial charge in [-0.1, -0.05) is 13.3 Å². The minimum atomic E-state index is 0.215. The van der Waals surface area contributed by atoms with Crippen molar-refractivity contribution in [3.63, 3.8) is 0 Å². The van der Waals surface area contributed by atoms with Gasteiger partial charge in [-0.3, -0.25) is 9.78 Å². The van der Waals surface area contributed by atoms with E-state index >= 15 is 0 Å². The zero-order valence-electron chi connectivity index (χ0n) is 14.1. The van der Waals surface area contributed by atoms with E-state index in [1.165, 1.54) is 44.9 Å². The maximum Gasteiger partial charge on any atom is 0.256 e. The number of aromatic nitrogens is 1. The van der Waals surface area contributed by atoms with Crippen LogP contribution in [0.15, 0.2) is 12.1 Å². The number of hydrogen-bond donors (Lipinski definition) is 0. The molecular weight excluding hydrogens is 272 g/mol. The maximum absolute atomic E-state index is 13.1. The van der Waals surface area contributed by atoms with Gasteiger partial charge >= 0.3 is 0 Å². The first-order chi connectivity index (χ1) is 10.6. The molecule has 0 spiro atoms. The second-order valence-corrected chi connectivity index (χ2v) is 7.11. The van der Waals surface area contributed by atoms with Crippen LogP contribution in [0.3, 0.4) is 0 Å². The van der Waals surface area contributed by atoms with E-state index in [2.05, 4.69) is 16.8 Å². The van der Waals surface area contributed by atoms with Crippen molar-refractivity contribution in [1.29, 1.82) is 0 Å². The molecule has 0 aliphatic heterocycles. The lowest BCUT2D eigenvalue weighted by Gasteiger charge is -2.37. The summed E-state index contributed by atoms with van der Waals surface area (Å²) in [5.74, 6) is 1.09. The van der Waals surface area contributed by atoms with Crippen molar-refractivity contribution in [2.75, 3.05) is 0 Å². The van der Waals surface area contributed by atoms with E-state index in [0.29, 0.717) is 12.1 Å². The number of aryl methyl sites for hydroxylation is 2. The van der Waals surface area contributed by atoms with Crippen LogP contribution in [0.1, 0.15) is 73.6 Å². The lowest BCUT2D eigenvalue weighted by molar-refractivity contribution is 0.0586. The van der Waals surface area contributed by atoms with Crippen molar-refractivity contribution in [2.24, 2.45) is 5.92 Å². The fourth-order valence-electron chi connectivity index (χ4n) is 3.87. The average Bonchev–Trinajstić information content (AvgIpc) is 3.33. The summed E-state index contributed by atoms with van der Waals surface area (Å²) in [6.45, 7) is 6.22. The van der Waals surface area contributed by atoms with Crippen LogP contribution in [0.2, 0.25) is 0 Å². The fraction of sp³-hybridized carbons (Fsp3) is 0.684. The van der Waals surface area contributed by atoms with Crippen LogP contribution in [0.4, 0.5) is 0 Å². The summed E-state index contributed by atoms with van der Waals surface area (Å²) in [5.41, 5.74) is 2.66. The molecule has 0 bridgehead atoms. The Balaban J connectivity index is 1.78. The molecular formula is C19H28N2O. The van der Waals surface area contributed by atoms with Crippen molar-refractivity contribution in [3.05, 3.63) is 29.1 Å². The SMILES string of the molecule is CCC1CCC(N(C(=O)c2ccc(C)nc2C)C2CC2)CC1. The maximum atomic E-state index is 13.1. The molecule has 3 heteroatoms. The van der Waals surface area contributed by atoms with Gasteiger partial charge in [0.2, 0.25) is 0 Å². The van der Waals surface area contributed by atoms with Gasteiger partial charge in [0.05, 0.1) is 11.3 Å².